The van der Waals surface area contributed by atoms with E-state index in [-0.39, 0.29) is 23.8 Å². The standard InChI is InChI=1S/C29H34F3N3O/c1-20(2)35(28(36)22-12-10-21(3)11-13-22)17-24-16-34(18-26-9-6-14-33(26)4)19-27(24)23-7-5-8-25(15-23)29(30,31)32/h5-15,20,24,27H,16-19H2,1-4H3. The number of aryl methyl sites for hydroxylation is 2. The quantitative estimate of drug-likeness (QED) is 0.394. The first kappa shape index (κ1) is 26.0. The third-order valence-electron chi connectivity index (χ3n) is 7.21. The van der Waals surface area contributed by atoms with Gasteiger partial charge in [0.1, 0.15) is 0 Å². The van der Waals surface area contributed by atoms with E-state index < -0.39 is 11.7 Å². The number of benzene rings is 2. The van der Waals surface area contributed by atoms with E-state index in [1.165, 1.54) is 12.1 Å². The molecular weight excluding hydrogens is 463 g/mol. The lowest BCUT2D eigenvalue weighted by atomic mass is 9.87. The molecule has 1 aliphatic rings. The summed E-state index contributed by atoms with van der Waals surface area (Å²) in [5.74, 6) is -0.154. The number of halogens is 3. The van der Waals surface area contributed by atoms with Gasteiger partial charge in [0, 0.05) is 62.6 Å². The minimum absolute atomic E-state index is 0.00514. The van der Waals surface area contributed by atoms with Crippen molar-refractivity contribution in [2.75, 3.05) is 19.6 Å². The summed E-state index contributed by atoms with van der Waals surface area (Å²) >= 11 is 0. The predicted octanol–water partition coefficient (Wildman–Crippen LogP) is 6.12. The number of amides is 1. The normalized spacial score (nSPS) is 18.7. The van der Waals surface area contributed by atoms with Gasteiger partial charge < -0.3 is 9.47 Å². The fourth-order valence-corrected chi connectivity index (χ4v) is 5.13. The van der Waals surface area contributed by atoms with Gasteiger partial charge in [-0.2, -0.15) is 13.2 Å². The molecule has 7 heteroatoms. The second-order valence-electron chi connectivity index (χ2n) is 10.2. The molecule has 192 valence electrons. The Morgan fingerprint density at radius 2 is 1.78 bits per heavy atom. The molecule has 0 saturated carbocycles. The zero-order chi connectivity index (χ0) is 26.0. The van der Waals surface area contributed by atoms with E-state index in [1.54, 1.807) is 6.07 Å². The molecule has 0 radical (unpaired) electrons. The van der Waals surface area contributed by atoms with Crippen molar-refractivity contribution in [2.24, 2.45) is 13.0 Å². The smallest absolute Gasteiger partial charge is 0.353 e. The molecule has 1 saturated heterocycles. The van der Waals surface area contributed by atoms with Crippen LogP contribution in [0.3, 0.4) is 0 Å². The second kappa shape index (κ2) is 10.5. The van der Waals surface area contributed by atoms with E-state index in [0.717, 1.165) is 17.3 Å². The topological polar surface area (TPSA) is 28.5 Å². The van der Waals surface area contributed by atoms with Gasteiger partial charge in [0.2, 0.25) is 0 Å². The van der Waals surface area contributed by atoms with Crippen LogP contribution in [0.15, 0.2) is 66.9 Å². The van der Waals surface area contributed by atoms with E-state index in [0.29, 0.717) is 37.3 Å². The Bertz CT molecular complexity index is 1180. The van der Waals surface area contributed by atoms with E-state index in [2.05, 4.69) is 15.5 Å². The number of hydrogen-bond donors (Lipinski definition) is 0. The van der Waals surface area contributed by atoms with Crippen molar-refractivity contribution in [1.29, 1.82) is 0 Å². The molecule has 3 aromatic rings. The van der Waals surface area contributed by atoms with Crippen LogP contribution in [0.25, 0.3) is 0 Å². The molecule has 1 fully saturated rings. The number of likely N-dealkylation sites (tertiary alicyclic amines) is 1. The third-order valence-corrected chi connectivity index (χ3v) is 7.21. The van der Waals surface area contributed by atoms with Crippen LogP contribution < -0.4 is 0 Å². The van der Waals surface area contributed by atoms with Crippen molar-refractivity contribution in [1.82, 2.24) is 14.4 Å². The van der Waals surface area contributed by atoms with Crippen LogP contribution in [-0.2, 0) is 19.8 Å². The molecule has 4 nitrogen and oxygen atoms in total. The number of rotatable bonds is 7. The van der Waals surface area contributed by atoms with Gasteiger partial charge in [-0.15, -0.1) is 0 Å². The lowest BCUT2D eigenvalue weighted by Crippen LogP contribution is -2.42. The Morgan fingerprint density at radius 3 is 2.39 bits per heavy atom. The van der Waals surface area contributed by atoms with E-state index >= 15 is 0 Å². The minimum Gasteiger partial charge on any atom is -0.353 e. The van der Waals surface area contributed by atoms with Crippen molar-refractivity contribution in [3.8, 4) is 0 Å². The minimum atomic E-state index is -4.39. The van der Waals surface area contributed by atoms with E-state index in [1.807, 2.05) is 69.2 Å². The molecule has 1 amide bonds. The van der Waals surface area contributed by atoms with Gasteiger partial charge >= 0.3 is 6.18 Å². The van der Waals surface area contributed by atoms with Gasteiger partial charge in [-0.3, -0.25) is 9.69 Å². The molecule has 36 heavy (non-hydrogen) atoms. The first-order valence-corrected chi connectivity index (χ1v) is 12.4. The fraction of sp³-hybridized carbons (Fsp3) is 0.414. The zero-order valence-electron chi connectivity index (χ0n) is 21.3. The van der Waals surface area contributed by atoms with Crippen LogP contribution in [0.1, 0.15) is 52.5 Å². The van der Waals surface area contributed by atoms with Crippen LogP contribution in [-0.4, -0.2) is 46.0 Å². The molecule has 2 aromatic carbocycles. The van der Waals surface area contributed by atoms with Gasteiger partial charge in [-0.05, 0) is 62.6 Å². The van der Waals surface area contributed by atoms with Gasteiger partial charge in [-0.1, -0.05) is 35.9 Å². The Hall–Kier alpha value is -3.06. The molecule has 2 atom stereocenters. The van der Waals surface area contributed by atoms with Crippen LogP contribution in [0, 0.1) is 12.8 Å². The van der Waals surface area contributed by atoms with Crippen LogP contribution in [0.4, 0.5) is 13.2 Å². The van der Waals surface area contributed by atoms with Crippen LogP contribution in [0.2, 0.25) is 0 Å². The lowest BCUT2D eigenvalue weighted by Gasteiger charge is -2.32. The maximum atomic E-state index is 13.5. The number of nitrogens with zero attached hydrogens (tertiary/aromatic N) is 3. The van der Waals surface area contributed by atoms with E-state index in [4.69, 9.17) is 0 Å². The van der Waals surface area contributed by atoms with Crippen LogP contribution >= 0.6 is 0 Å². The average molecular weight is 498 g/mol. The third kappa shape index (κ3) is 5.84. The summed E-state index contributed by atoms with van der Waals surface area (Å²) < 4.78 is 42.6. The van der Waals surface area contributed by atoms with Crippen molar-refractivity contribution in [3.05, 3.63) is 94.8 Å². The highest BCUT2D eigenvalue weighted by Crippen LogP contribution is 2.37. The molecule has 1 aliphatic heterocycles. The summed E-state index contributed by atoms with van der Waals surface area (Å²) in [6, 6.07) is 17.2. The molecule has 4 rings (SSSR count). The first-order chi connectivity index (χ1) is 17.0. The maximum absolute atomic E-state index is 13.5. The monoisotopic (exact) mass is 497 g/mol. The van der Waals surface area contributed by atoms with Gasteiger partial charge in [0.05, 0.1) is 5.56 Å². The van der Waals surface area contributed by atoms with Crippen LogP contribution in [0.5, 0.6) is 0 Å². The number of aromatic nitrogens is 1. The molecule has 2 heterocycles. The molecule has 0 spiro atoms. The molecule has 0 bridgehead atoms. The summed E-state index contributed by atoms with van der Waals surface area (Å²) in [6.45, 7) is 8.49. The molecular formula is C29H34F3N3O. The van der Waals surface area contributed by atoms with Gasteiger partial charge in [-0.25, -0.2) is 0 Å². The first-order valence-electron chi connectivity index (χ1n) is 12.4. The average Bonchev–Trinajstić information content (AvgIpc) is 3.42. The zero-order valence-corrected chi connectivity index (χ0v) is 21.3. The summed E-state index contributed by atoms with van der Waals surface area (Å²) in [4.78, 5) is 17.6. The summed E-state index contributed by atoms with van der Waals surface area (Å²) in [7, 11) is 1.99. The maximum Gasteiger partial charge on any atom is 0.416 e. The number of alkyl halides is 3. The molecule has 0 N–H and O–H groups in total. The highest BCUT2D eigenvalue weighted by molar-refractivity contribution is 5.94. The van der Waals surface area contributed by atoms with Crippen molar-refractivity contribution >= 4 is 5.91 Å². The van der Waals surface area contributed by atoms with Gasteiger partial charge in [0.15, 0.2) is 0 Å². The Labute approximate surface area is 211 Å². The summed E-state index contributed by atoms with van der Waals surface area (Å²) in [5.41, 5.74) is 2.91. The summed E-state index contributed by atoms with van der Waals surface area (Å²) in [6.07, 6.45) is -2.40. The lowest BCUT2D eigenvalue weighted by molar-refractivity contribution is -0.137. The van der Waals surface area contributed by atoms with Crippen molar-refractivity contribution in [3.63, 3.8) is 0 Å². The Balaban J connectivity index is 1.63. The van der Waals surface area contributed by atoms with Gasteiger partial charge in [0.25, 0.3) is 5.91 Å². The number of carbonyl (C=O) groups is 1. The largest absolute Gasteiger partial charge is 0.416 e. The number of carbonyl (C=O) groups excluding carboxylic acids is 1. The number of hydrogen-bond acceptors (Lipinski definition) is 2. The van der Waals surface area contributed by atoms with E-state index in [9.17, 15) is 18.0 Å². The SMILES string of the molecule is Cc1ccc(C(=O)N(CC2CN(Cc3cccn3C)CC2c2cccc(C(F)(F)F)c2)C(C)C)cc1. The molecule has 1 aromatic heterocycles. The molecule has 2 unspecified atom stereocenters. The van der Waals surface area contributed by atoms with Crippen molar-refractivity contribution < 1.29 is 18.0 Å². The molecule has 0 aliphatic carbocycles. The predicted molar refractivity (Wildman–Crippen MR) is 136 cm³/mol. The highest BCUT2D eigenvalue weighted by atomic mass is 19.4. The Kier molecular flexibility index (Phi) is 7.59. The Morgan fingerprint density at radius 1 is 1.06 bits per heavy atom. The van der Waals surface area contributed by atoms with Crippen molar-refractivity contribution in [2.45, 2.75) is 45.5 Å². The second-order valence-corrected chi connectivity index (χ2v) is 10.2. The fourth-order valence-electron chi connectivity index (χ4n) is 5.13. The summed E-state index contributed by atoms with van der Waals surface area (Å²) in [5, 5.41) is 0. The highest BCUT2D eigenvalue weighted by Gasteiger charge is 2.38.